The highest BCUT2D eigenvalue weighted by molar-refractivity contribution is 7.80. The molecule has 0 bridgehead atoms. The lowest BCUT2D eigenvalue weighted by atomic mass is 10.2. The first-order valence-corrected chi connectivity index (χ1v) is 9.02. The van der Waals surface area contributed by atoms with Gasteiger partial charge in [0.15, 0.2) is 5.11 Å². The van der Waals surface area contributed by atoms with E-state index in [-0.39, 0.29) is 23.2 Å². The van der Waals surface area contributed by atoms with Gasteiger partial charge >= 0.3 is 5.97 Å². The molecular formula is C14H15Cl4N3O3S. The van der Waals surface area contributed by atoms with Gasteiger partial charge in [-0.1, -0.05) is 46.9 Å². The maximum atomic E-state index is 12.0. The molecule has 0 aliphatic rings. The maximum absolute atomic E-state index is 12.0. The Morgan fingerprint density at radius 1 is 1.24 bits per heavy atom. The zero-order valence-electron chi connectivity index (χ0n) is 12.9. The van der Waals surface area contributed by atoms with Gasteiger partial charge in [0.1, 0.15) is 12.0 Å². The first-order chi connectivity index (χ1) is 11.7. The van der Waals surface area contributed by atoms with Crippen LogP contribution in [0.15, 0.2) is 24.3 Å². The van der Waals surface area contributed by atoms with E-state index in [4.69, 9.17) is 63.4 Å². The molecule has 1 amide bonds. The lowest BCUT2D eigenvalue weighted by Crippen LogP contribution is -2.56. The first-order valence-electron chi connectivity index (χ1n) is 6.94. The molecule has 0 spiro atoms. The zero-order chi connectivity index (χ0) is 19.0. The predicted octanol–water partition coefficient (Wildman–Crippen LogP) is 3.20. The largest absolute Gasteiger partial charge is 0.462 e. The van der Waals surface area contributed by atoms with E-state index in [1.165, 1.54) is 0 Å². The Morgan fingerprint density at radius 3 is 2.44 bits per heavy atom. The van der Waals surface area contributed by atoms with Crippen molar-refractivity contribution in [1.82, 2.24) is 10.6 Å². The third kappa shape index (κ3) is 7.42. The Labute approximate surface area is 170 Å². The summed E-state index contributed by atoms with van der Waals surface area (Å²) in [5.74, 6) is -1.38. The van der Waals surface area contributed by atoms with Crippen molar-refractivity contribution < 1.29 is 14.3 Å². The second kappa shape index (κ2) is 10.2. The predicted molar refractivity (Wildman–Crippen MR) is 105 cm³/mol. The lowest BCUT2D eigenvalue weighted by Gasteiger charge is -2.27. The number of amides is 1. The fourth-order valence-electron chi connectivity index (χ4n) is 1.67. The SMILES string of the molecule is CCOC(=O)c1ccccc1NC(=S)NC(NC(=O)CCl)C(Cl)(Cl)Cl. The zero-order valence-corrected chi connectivity index (χ0v) is 16.8. The van der Waals surface area contributed by atoms with Crippen LogP contribution in [0.4, 0.5) is 5.69 Å². The van der Waals surface area contributed by atoms with Crippen LogP contribution in [0.3, 0.4) is 0 Å². The molecule has 6 nitrogen and oxygen atoms in total. The molecule has 0 aliphatic carbocycles. The molecule has 0 aliphatic heterocycles. The quantitative estimate of drug-likeness (QED) is 0.269. The smallest absolute Gasteiger partial charge is 0.340 e. The Morgan fingerprint density at radius 2 is 1.88 bits per heavy atom. The van der Waals surface area contributed by atoms with Gasteiger partial charge in [-0.05, 0) is 31.3 Å². The molecule has 1 aromatic carbocycles. The van der Waals surface area contributed by atoms with Crippen molar-refractivity contribution in [1.29, 1.82) is 0 Å². The van der Waals surface area contributed by atoms with Crippen LogP contribution in [0, 0.1) is 0 Å². The van der Waals surface area contributed by atoms with Crippen molar-refractivity contribution in [3.8, 4) is 0 Å². The van der Waals surface area contributed by atoms with Crippen molar-refractivity contribution in [3.05, 3.63) is 29.8 Å². The summed E-state index contributed by atoms with van der Waals surface area (Å²) >= 11 is 28.0. The van der Waals surface area contributed by atoms with Crippen LogP contribution in [0.2, 0.25) is 0 Å². The number of ether oxygens (including phenoxy) is 1. The van der Waals surface area contributed by atoms with Crippen LogP contribution in [0.5, 0.6) is 0 Å². The molecule has 0 fully saturated rings. The molecule has 0 saturated heterocycles. The number of rotatable bonds is 6. The van der Waals surface area contributed by atoms with E-state index < -0.39 is 21.8 Å². The number of anilines is 1. The van der Waals surface area contributed by atoms with Gasteiger partial charge in [0.25, 0.3) is 0 Å². The third-order valence-corrected chi connectivity index (χ3v) is 3.82. The summed E-state index contributed by atoms with van der Waals surface area (Å²) in [7, 11) is 0. The number of halogens is 4. The summed E-state index contributed by atoms with van der Waals surface area (Å²) in [5, 5.41) is 7.85. The Kier molecular flexibility index (Phi) is 9.02. The van der Waals surface area contributed by atoms with E-state index >= 15 is 0 Å². The molecule has 138 valence electrons. The monoisotopic (exact) mass is 445 g/mol. The summed E-state index contributed by atoms with van der Waals surface area (Å²) in [6.07, 6.45) is -1.14. The molecule has 0 heterocycles. The number of esters is 1. The Bertz CT molecular complexity index is 640. The summed E-state index contributed by atoms with van der Waals surface area (Å²) in [6, 6.07) is 6.58. The molecule has 1 unspecified atom stereocenters. The van der Waals surface area contributed by atoms with Crippen molar-refractivity contribution >= 4 is 81.3 Å². The topological polar surface area (TPSA) is 79.5 Å². The third-order valence-electron chi connectivity index (χ3n) is 2.70. The van der Waals surface area contributed by atoms with Crippen molar-refractivity contribution in [2.75, 3.05) is 17.8 Å². The van der Waals surface area contributed by atoms with Gasteiger partial charge in [0, 0.05) is 0 Å². The fraction of sp³-hybridized carbons (Fsp3) is 0.357. The highest BCUT2D eigenvalue weighted by Gasteiger charge is 2.34. The number of thiocarbonyl (C=S) groups is 1. The standard InChI is InChI=1S/C14H15Cl4N3O3S/c1-2-24-11(23)8-5-3-4-6-9(8)19-13(25)21-12(14(16,17)18)20-10(22)7-15/h3-6,12H,2,7H2,1H3,(H,20,22)(H2,19,21,25). The molecule has 1 atom stereocenters. The van der Waals surface area contributed by atoms with Crippen molar-refractivity contribution in [3.63, 3.8) is 0 Å². The van der Waals surface area contributed by atoms with Crippen LogP contribution < -0.4 is 16.0 Å². The van der Waals surface area contributed by atoms with Gasteiger partial charge in [-0.15, -0.1) is 11.6 Å². The van der Waals surface area contributed by atoms with Gasteiger partial charge < -0.3 is 20.7 Å². The molecule has 25 heavy (non-hydrogen) atoms. The summed E-state index contributed by atoms with van der Waals surface area (Å²) < 4.78 is 3.08. The number of benzene rings is 1. The molecule has 1 aromatic rings. The minimum Gasteiger partial charge on any atom is -0.462 e. The Balaban J connectivity index is 2.87. The Hall–Kier alpha value is -0.990. The van der Waals surface area contributed by atoms with Crippen molar-refractivity contribution in [2.45, 2.75) is 16.9 Å². The van der Waals surface area contributed by atoms with Crippen molar-refractivity contribution in [2.24, 2.45) is 0 Å². The van der Waals surface area contributed by atoms with E-state index in [0.717, 1.165) is 0 Å². The average Bonchev–Trinajstić information content (AvgIpc) is 2.53. The number of carbonyl (C=O) groups excluding carboxylic acids is 2. The van der Waals surface area contributed by atoms with E-state index in [0.29, 0.717) is 5.69 Å². The summed E-state index contributed by atoms with van der Waals surface area (Å²) in [5.41, 5.74) is 0.675. The van der Waals surface area contributed by atoms with Crippen LogP contribution in [0.25, 0.3) is 0 Å². The number of nitrogens with one attached hydrogen (secondary N) is 3. The van der Waals surface area contributed by atoms with Crippen LogP contribution in [-0.2, 0) is 9.53 Å². The minimum absolute atomic E-state index is 0.0166. The van der Waals surface area contributed by atoms with Crippen LogP contribution >= 0.6 is 58.6 Å². The second-order valence-corrected chi connectivity index (χ2v) is 7.58. The number of hydrogen-bond donors (Lipinski definition) is 3. The van der Waals surface area contributed by atoms with Gasteiger partial charge in [-0.25, -0.2) is 4.79 Å². The highest BCUT2D eigenvalue weighted by Crippen LogP contribution is 2.29. The van der Waals surface area contributed by atoms with Crippen LogP contribution in [0.1, 0.15) is 17.3 Å². The van der Waals surface area contributed by atoms with E-state index in [1.807, 2.05) is 0 Å². The molecule has 3 N–H and O–H groups in total. The van der Waals surface area contributed by atoms with Gasteiger partial charge in [0.2, 0.25) is 9.70 Å². The van der Waals surface area contributed by atoms with E-state index in [9.17, 15) is 9.59 Å². The van der Waals surface area contributed by atoms with Gasteiger partial charge in [-0.3, -0.25) is 4.79 Å². The molecule has 0 aromatic heterocycles. The fourth-order valence-corrected chi connectivity index (χ4v) is 2.30. The lowest BCUT2D eigenvalue weighted by molar-refractivity contribution is -0.119. The maximum Gasteiger partial charge on any atom is 0.340 e. The number of carbonyl (C=O) groups is 2. The summed E-state index contributed by atoms with van der Waals surface area (Å²) in [6.45, 7) is 1.93. The molecule has 11 heteroatoms. The first kappa shape index (κ1) is 22.1. The number of hydrogen-bond acceptors (Lipinski definition) is 4. The second-order valence-electron chi connectivity index (χ2n) is 4.54. The van der Waals surface area contributed by atoms with E-state index in [1.54, 1.807) is 31.2 Å². The average molecular weight is 447 g/mol. The molecular weight excluding hydrogens is 432 g/mol. The number of alkyl halides is 4. The van der Waals surface area contributed by atoms with Gasteiger partial charge in [-0.2, -0.15) is 0 Å². The molecule has 1 rings (SSSR count). The molecule has 0 radical (unpaired) electrons. The minimum atomic E-state index is -1.89. The normalized spacial score (nSPS) is 12.0. The van der Waals surface area contributed by atoms with E-state index in [2.05, 4.69) is 16.0 Å². The van der Waals surface area contributed by atoms with Gasteiger partial charge in [0.05, 0.1) is 17.9 Å². The molecule has 0 saturated carbocycles. The number of para-hydroxylation sites is 1. The highest BCUT2D eigenvalue weighted by atomic mass is 35.6. The van der Waals surface area contributed by atoms with Crippen LogP contribution in [-0.4, -0.2) is 39.4 Å². The summed E-state index contributed by atoms with van der Waals surface area (Å²) in [4.78, 5) is 23.4.